The van der Waals surface area contributed by atoms with E-state index in [0.717, 1.165) is 17.0 Å². The van der Waals surface area contributed by atoms with Gasteiger partial charge in [-0.1, -0.05) is 23.7 Å². The number of nitro benzene ring substituents is 1. The van der Waals surface area contributed by atoms with Crippen molar-refractivity contribution in [3.63, 3.8) is 0 Å². The maximum atomic E-state index is 10.7. The highest BCUT2D eigenvalue weighted by Gasteiger charge is 2.11. The second-order valence-corrected chi connectivity index (χ2v) is 4.54. The smallest absolute Gasteiger partial charge is 0.288 e. The second-order valence-electron chi connectivity index (χ2n) is 4.13. The van der Waals surface area contributed by atoms with Crippen LogP contribution in [0.25, 0.3) is 0 Å². The minimum Gasteiger partial charge on any atom is -0.497 e. The summed E-state index contributed by atoms with van der Waals surface area (Å²) in [5.74, 6) is 0.783. The Hall–Kier alpha value is -2.27. The summed E-state index contributed by atoms with van der Waals surface area (Å²) in [6.07, 6.45) is 0. The number of methoxy groups -OCH3 is 1. The van der Waals surface area contributed by atoms with Crippen LogP contribution in [-0.2, 0) is 6.54 Å². The predicted octanol–water partition coefficient (Wildman–Crippen LogP) is 3.87. The number of hydrogen-bond acceptors (Lipinski definition) is 4. The molecule has 2 aromatic carbocycles. The lowest BCUT2D eigenvalue weighted by Gasteiger charge is -2.08. The van der Waals surface area contributed by atoms with Gasteiger partial charge in [-0.2, -0.15) is 0 Å². The van der Waals surface area contributed by atoms with Crippen LogP contribution in [0.4, 0.5) is 11.4 Å². The van der Waals surface area contributed by atoms with Crippen LogP contribution in [0.2, 0.25) is 5.02 Å². The Kier molecular flexibility index (Phi) is 4.42. The Morgan fingerprint density at radius 1 is 1.30 bits per heavy atom. The first-order valence-electron chi connectivity index (χ1n) is 5.91. The highest BCUT2D eigenvalue weighted by atomic mass is 35.5. The summed E-state index contributed by atoms with van der Waals surface area (Å²) in [5, 5.41) is 13.9. The first-order valence-corrected chi connectivity index (χ1v) is 6.28. The Balaban J connectivity index is 2.07. The normalized spacial score (nSPS) is 10.1. The van der Waals surface area contributed by atoms with Crippen molar-refractivity contribution < 1.29 is 9.66 Å². The summed E-state index contributed by atoms with van der Waals surface area (Å²) in [5.41, 5.74) is 1.67. The van der Waals surface area contributed by atoms with Gasteiger partial charge in [-0.05, 0) is 29.8 Å². The number of rotatable bonds is 5. The zero-order valence-corrected chi connectivity index (χ0v) is 11.6. The van der Waals surface area contributed by atoms with E-state index in [1.54, 1.807) is 19.2 Å². The van der Waals surface area contributed by atoms with Crippen LogP contribution in [0.15, 0.2) is 42.5 Å². The van der Waals surface area contributed by atoms with Crippen LogP contribution < -0.4 is 10.1 Å². The van der Waals surface area contributed by atoms with Gasteiger partial charge in [0.05, 0.1) is 12.0 Å². The molecule has 0 saturated heterocycles. The van der Waals surface area contributed by atoms with E-state index < -0.39 is 4.92 Å². The fourth-order valence-electron chi connectivity index (χ4n) is 1.75. The van der Waals surface area contributed by atoms with Crippen LogP contribution in [0.3, 0.4) is 0 Å². The molecule has 0 bridgehead atoms. The number of nitrogens with one attached hydrogen (secondary N) is 1. The number of halogens is 1. The number of benzene rings is 2. The van der Waals surface area contributed by atoms with Crippen molar-refractivity contribution in [1.82, 2.24) is 0 Å². The predicted molar refractivity (Wildman–Crippen MR) is 78.4 cm³/mol. The van der Waals surface area contributed by atoms with Gasteiger partial charge in [0.1, 0.15) is 10.8 Å². The van der Waals surface area contributed by atoms with Crippen molar-refractivity contribution in [2.24, 2.45) is 0 Å². The molecule has 6 heteroatoms. The molecule has 0 aliphatic heterocycles. The molecule has 0 spiro atoms. The van der Waals surface area contributed by atoms with Crippen LogP contribution in [-0.4, -0.2) is 12.0 Å². The SMILES string of the molecule is COc1cccc(CNc2ccc([N+](=O)[O-])c(Cl)c2)c1. The van der Waals surface area contributed by atoms with Crippen LogP contribution >= 0.6 is 11.6 Å². The summed E-state index contributed by atoms with van der Waals surface area (Å²) in [4.78, 5) is 10.2. The van der Waals surface area contributed by atoms with Gasteiger partial charge in [0.2, 0.25) is 0 Å². The summed E-state index contributed by atoms with van der Waals surface area (Å²) >= 11 is 5.85. The molecule has 2 rings (SSSR count). The fraction of sp³-hybridized carbons (Fsp3) is 0.143. The topological polar surface area (TPSA) is 64.4 Å². The molecule has 104 valence electrons. The molecule has 1 N–H and O–H groups in total. The largest absolute Gasteiger partial charge is 0.497 e. The van der Waals surface area contributed by atoms with Crippen molar-refractivity contribution in [3.8, 4) is 5.75 Å². The quantitative estimate of drug-likeness (QED) is 0.671. The highest BCUT2D eigenvalue weighted by molar-refractivity contribution is 6.32. The van der Waals surface area contributed by atoms with Crippen molar-refractivity contribution in [3.05, 3.63) is 63.2 Å². The summed E-state index contributed by atoms with van der Waals surface area (Å²) in [7, 11) is 1.61. The van der Waals surface area contributed by atoms with E-state index in [9.17, 15) is 10.1 Å². The minimum absolute atomic E-state index is 0.0985. The van der Waals surface area contributed by atoms with E-state index in [2.05, 4.69) is 5.32 Å². The molecule has 2 aromatic rings. The molecule has 0 aliphatic carbocycles. The van der Waals surface area contributed by atoms with Gasteiger partial charge in [-0.25, -0.2) is 0 Å². The highest BCUT2D eigenvalue weighted by Crippen LogP contribution is 2.27. The number of hydrogen-bond donors (Lipinski definition) is 1. The number of anilines is 1. The van der Waals surface area contributed by atoms with Crippen LogP contribution in [0.1, 0.15) is 5.56 Å². The van der Waals surface area contributed by atoms with Crippen molar-refractivity contribution in [2.75, 3.05) is 12.4 Å². The Morgan fingerprint density at radius 2 is 2.10 bits per heavy atom. The van der Waals surface area contributed by atoms with Crippen LogP contribution in [0, 0.1) is 10.1 Å². The third kappa shape index (κ3) is 3.39. The molecule has 0 amide bonds. The first-order chi connectivity index (χ1) is 9.60. The monoisotopic (exact) mass is 292 g/mol. The average molecular weight is 293 g/mol. The van der Waals surface area contributed by atoms with Crippen molar-refractivity contribution in [2.45, 2.75) is 6.54 Å². The lowest BCUT2D eigenvalue weighted by molar-refractivity contribution is -0.384. The summed E-state index contributed by atoms with van der Waals surface area (Å²) < 4.78 is 5.14. The zero-order chi connectivity index (χ0) is 14.5. The molecule has 0 aliphatic rings. The van der Waals surface area contributed by atoms with E-state index >= 15 is 0 Å². The lowest BCUT2D eigenvalue weighted by Crippen LogP contribution is -2.00. The Morgan fingerprint density at radius 3 is 2.75 bits per heavy atom. The summed E-state index contributed by atoms with van der Waals surface area (Å²) in [6, 6.07) is 12.2. The van der Waals surface area contributed by atoms with Crippen molar-refractivity contribution >= 4 is 23.0 Å². The first kappa shape index (κ1) is 14.1. The number of ether oxygens (including phenoxy) is 1. The molecule has 0 aromatic heterocycles. The summed E-state index contributed by atoms with van der Waals surface area (Å²) in [6.45, 7) is 0.575. The molecule has 0 saturated carbocycles. The molecule has 0 radical (unpaired) electrons. The lowest BCUT2D eigenvalue weighted by atomic mass is 10.2. The Labute approximate surface area is 121 Å². The molecule has 0 atom stereocenters. The molecule has 0 heterocycles. The maximum Gasteiger partial charge on any atom is 0.288 e. The maximum absolute atomic E-state index is 10.7. The number of nitro groups is 1. The third-order valence-corrected chi connectivity index (χ3v) is 3.08. The van der Waals surface area contributed by atoms with Gasteiger partial charge in [0.15, 0.2) is 0 Å². The standard InChI is InChI=1S/C14H13ClN2O3/c1-20-12-4-2-3-10(7-12)9-16-11-5-6-14(17(18)19)13(15)8-11/h2-8,16H,9H2,1H3. The molecular formula is C14H13ClN2O3. The van der Waals surface area contributed by atoms with Gasteiger partial charge in [-0.3, -0.25) is 10.1 Å². The van der Waals surface area contributed by atoms with E-state index in [4.69, 9.17) is 16.3 Å². The van der Waals surface area contributed by atoms with Gasteiger partial charge < -0.3 is 10.1 Å². The minimum atomic E-state index is -0.506. The van der Waals surface area contributed by atoms with E-state index in [-0.39, 0.29) is 10.7 Å². The molecule has 0 unspecified atom stereocenters. The molecule has 0 fully saturated rings. The molecular weight excluding hydrogens is 280 g/mol. The molecule has 5 nitrogen and oxygen atoms in total. The van der Waals surface area contributed by atoms with E-state index in [1.807, 2.05) is 24.3 Å². The van der Waals surface area contributed by atoms with Gasteiger partial charge in [0, 0.05) is 18.3 Å². The zero-order valence-electron chi connectivity index (χ0n) is 10.8. The number of nitrogens with zero attached hydrogens (tertiary/aromatic N) is 1. The fourth-order valence-corrected chi connectivity index (χ4v) is 2.00. The van der Waals surface area contributed by atoms with Gasteiger partial charge >= 0.3 is 0 Å². The Bertz CT molecular complexity index is 632. The van der Waals surface area contributed by atoms with Gasteiger partial charge in [0.25, 0.3) is 5.69 Å². The third-order valence-electron chi connectivity index (χ3n) is 2.78. The second kappa shape index (κ2) is 6.25. The van der Waals surface area contributed by atoms with Crippen molar-refractivity contribution in [1.29, 1.82) is 0 Å². The molecule has 20 heavy (non-hydrogen) atoms. The van der Waals surface area contributed by atoms with E-state index in [0.29, 0.717) is 6.54 Å². The van der Waals surface area contributed by atoms with E-state index in [1.165, 1.54) is 6.07 Å². The van der Waals surface area contributed by atoms with Gasteiger partial charge in [-0.15, -0.1) is 0 Å². The average Bonchev–Trinajstić information content (AvgIpc) is 2.45. The van der Waals surface area contributed by atoms with Crippen LogP contribution in [0.5, 0.6) is 5.75 Å².